The number of hydrogen-bond donors (Lipinski definition) is 1. The van der Waals surface area contributed by atoms with Crippen molar-refractivity contribution in [1.82, 2.24) is 4.90 Å². The van der Waals surface area contributed by atoms with Gasteiger partial charge in [0.25, 0.3) is 0 Å². The number of carbonyl (C=O) groups is 3. The van der Waals surface area contributed by atoms with Gasteiger partial charge in [0.05, 0.1) is 17.8 Å². The number of rotatable bonds is 2. The molecule has 104 valence electrons. The van der Waals surface area contributed by atoms with E-state index in [2.05, 4.69) is 0 Å². The standard InChI is InChI=1S/C14H19NO4/c1-14(2)9-10(14)12(17)15(11(9)16)8-5-3-7(4-6-8)13(18)19/h7-10H,3-6H2,1-2H3,(H,18,19). The number of amides is 2. The molecule has 0 aromatic heterocycles. The summed E-state index contributed by atoms with van der Waals surface area (Å²) in [6.07, 6.45) is 2.40. The lowest BCUT2D eigenvalue weighted by Gasteiger charge is -2.34. The summed E-state index contributed by atoms with van der Waals surface area (Å²) < 4.78 is 0. The number of likely N-dealkylation sites (tertiary alicyclic amines) is 1. The summed E-state index contributed by atoms with van der Waals surface area (Å²) in [6, 6.07) is -0.0702. The van der Waals surface area contributed by atoms with E-state index >= 15 is 0 Å². The van der Waals surface area contributed by atoms with Crippen molar-refractivity contribution in [3.8, 4) is 0 Å². The Hall–Kier alpha value is -1.39. The van der Waals surface area contributed by atoms with Crippen molar-refractivity contribution >= 4 is 17.8 Å². The molecule has 1 N–H and O–H groups in total. The van der Waals surface area contributed by atoms with Gasteiger partial charge in [-0.25, -0.2) is 0 Å². The highest BCUT2D eigenvalue weighted by Crippen LogP contribution is 2.63. The van der Waals surface area contributed by atoms with Gasteiger partial charge in [0, 0.05) is 6.04 Å². The van der Waals surface area contributed by atoms with E-state index in [1.807, 2.05) is 13.8 Å². The minimum atomic E-state index is -0.762. The van der Waals surface area contributed by atoms with Crippen LogP contribution in [0, 0.1) is 23.2 Å². The maximum Gasteiger partial charge on any atom is 0.306 e. The number of imide groups is 1. The minimum absolute atomic E-state index is 0.0289. The van der Waals surface area contributed by atoms with Gasteiger partial charge in [0.15, 0.2) is 0 Å². The van der Waals surface area contributed by atoms with Crippen molar-refractivity contribution in [2.24, 2.45) is 23.2 Å². The third-order valence-electron chi connectivity index (χ3n) is 5.25. The SMILES string of the molecule is CC1(C)C2C(=O)N(C3CCC(C(=O)O)CC3)C(=O)C21. The minimum Gasteiger partial charge on any atom is -0.481 e. The van der Waals surface area contributed by atoms with Gasteiger partial charge in [-0.05, 0) is 31.1 Å². The highest BCUT2D eigenvalue weighted by molar-refractivity contribution is 6.10. The van der Waals surface area contributed by atoms with Crippen LogP contribution in [0.5, 0.6) is 0 Å². The average molecular weight is 265 g/mol. The van der Waals surface area contributed by atoms with Crippen molar-refractivity contribution in [2.45, 2.75) is 45.6 Å². The van der Waals surface area contributed by atoms with Gasteiger partial charge in [-0.2, -0.15) is 0 Å². The maximum atomic E-state index is 12.3. The summed E-state index contributed by atoms with van der Waals surface area (Å²) in [5.74, 6) is -1.39. The molecule has 2 aliphatic carbocycles. The molecule has 0 bridgehead atoms. The number of carboxylic acid groups (broad SMARTS) is 1. The molecule has 2 amide bonds. The van der Waals surface area contributed by atoms with E-state index in [-0.39, 0.29) is 41.0 Å². The lowest BCUT2D eigenvalue weighted by Crippen LogP contribution is -2.46. The zero-order valence-corrected chi connectivity index (χ0v) is 11.3. The second kappa shape index (κ2) is 3.81. The molecule has 0 aromatic carbocycles. The zero-order valence-electron chi connectivity index (χ0n) is 11.3. The second-order valence-corrected chi connectivity index (χ2v) is 6.67. The van der Waals surface area contributed by atoms with Gasteiger partial charge < -0.3 is 5.11 Å². The summed E-state index contributed by atoms with van der Waals surface area (Å²) in [7, 11) is 0. The highest BCUT2D eigenvalue weighted by Gasteiger charge is 2.73. The van der Waals surface area contributed by atoms with Gasteiger partial charge in [0.2, 0.25) is 11.8 Å². The van der Waals surface area contributed by atoms with Crippen LogP contribution < -0.4 is 0 Å². The number of carbonyl (C=O) groups excluding carboxylic acids is 2. The Balaban J connectivity index is 1.68. The molecule has 2 atom stereocenters. The number of hydrogen-bond acceptors (Lipinski definition) is 3. The van der Waals surface area contributed by atoms with E-state index in [1.165, 1.54) is 4.90 Å². The van der Waals surface area contributed by atoms with Crippen LogP contribution in [-0.2, 0) is 14.4 Å². The predicted octanol–water partition coefficient (Wildman–Crippen LogP) is 1.27. The van der Waals surface area contributed by atoms with Crippen LogP contribution in [0.4, 0.5) is 0 Å². The van der Waals surface area contributed by atoms with Crippen LogP contribution in [0.15, 0.2) is 0 Å². The molecule has 1 saturated heterocycles. The quantitative estimate of drug-likeness (QED) is 0.763. The van der Waals surface area contributed by atoms with Crippen molar-refractivity contribution in [3.63, 3.8) is 0 Å². The summed E-state index contributed by atoms with van der Waals surface area (Å²) in [4.78, 5) is 36.9. The molecule has 1 aliphatic heterocycles. The molecular formula is C14H19NO4. The molecule has 5 heteroatoms. The van der Waals surface area contributed by atoms with Crippen LogP contribution in [0.25, 0.3) is 0 Å². The van der Waals surface area contributed by atoms with Crippen molar-refractivity contribution in [1.29, 1.82) is 0 Å². The van der Waals surface area contributed by atoms with Gasteiger partial charge in [-0.15, -0.1) is 0 Å². The molecule has 0 spiro atoms. The number of aliphatic carboxylic acids is 1. The molecule has 19 heavy (non-hydrogen) atoms. The Morgan fingerprint density at radius 2 is 1.58 bits per heavy atom. The van der Waals surface area contributed by atoms with E-state index in [0.29, 0.717) is 25.7 Å². The fourth-order valence-corrected chi connectivity index (χ4v) is 3.91. The van der Waals surface area contributed by atoms with Crippen LogP contribution in [0.1, 0.15) is 39.5 Å². The fourth-order valence-electron chi connectivity index (χ4n) is 3.91. The van der Waals surface area contributed by atoms with Crippen LogP contribution in [0.2, 0.25) is 0 Å². The molecular weight excluding hydrogens is 246 g/mol. The molecule has 5 nitrogen and oxygen atoms in total. The normalized spacial score (nSPS) is 40.2. The molecule has 0 radical (unpaired) electrons. The third kappa shape index (κ3) is 1.63. The average Bonchev–Trinajstić information content (AvgIpc) is 2.80. The maximum absolute atomic E-state index is 12.3. The third-order valence-corrected chi connectivity index (χ3v) is 5.25. The lowest BCUT2D eigenvalue weighted by molar-refractivity contribution is -0.147. The van der Waals surface area contributed by atoms with Crippen LogP contribution >= 0.6 is 0 Å². The van der Waals surface area contributed by atoms with Gasteiger partial charge >= 0.3 is 5.97 Å². The summed E-state index contributed by atoms with van der Waals surface area (Å²) >= 11 is 0. The lowest BCUT2D eigenvalue weighted by atomic mass is 9.85. The molecule has 3 rings (SSSR count). The zero-order chi connectivity index (χ0) is 13.9. The highest BCUT2D eigenvalue weighted by atomic mass is 16.4. The van der Waals surface area contributed by atoms with E-state index in [9.17, 15) is 14.4 Å². The molecule has 3 fully saturated rings. The molecule has 0 aromatic rings. The van der Waals surface area contributed by atoms with Crippen molar-refractivity contribution in [3.05, 3.63) is 0 Å². The second-order valence-electron chi connectivity index (χ2n) is 6.67. The predicted molar refractivity (Wildman–Crippen MR) is 66.0 cm³/mol. The van der Waals surface area contributed by atoms with E-state index in [4.69, 9.17) is 5.11 Å². The molecule has 3 aliphatic rings. The van der Waals surface area contributed by atoms with Crippen molar-refractivity contribution in [2.75, 3.05) is 0 Å². The van der Waals surface area contributed by atoms with Gasteiger partial charge in [0.1, 0.15) is 0 Å². The Kier molecular flexibility index (Phi) is 2.53. The first kappa shape index (κ1) is 12.6. The molecule has 2 saturated carbocycles. The Labute approximate surface area is 112 Å². The van der Waals surface area contributed by atoms with E-state index < -0.39 is 5.97 Å². The Morgan fingerprint density at radius 3 is 2.00 bits per heavy atom. The monoisotopic (exact) mass is 265 g/mol. The van der Waals surface area contributed by atoms with Crippen molar-refractivity contribution < 1.29 is 19.5 Å². The largest absolute Gasteiger partial charge is 0.481 e. The first-order valence-electron chi connectivity index (χ1n) is 6.95. The summed E-state index contributed by atoms with van der Waals surface area (Å²) in [5, 5.41) is 8.96. The van der Waals surface area contributed by atoms with Crippen LogP contribution in [0.3, 0.4) is 0 Å². The molecule has 2 unspecified atom stereocenters. The number of fused-ring (bicyclic) bond motifs is 1. The summed E-state index contributed by atoms with van der Waals surface area (Å²) in [5.41, 5.74) is -0.164. The fraction of sp³-hybridized carbons (Fsp3) is 0.786. The molecule has 1 heterocycles. The number of nitrogens with zero attached hydrogens (tertiary/aromatic N) is 1. The first-order chi connectivity index (χ1) is 8.85. The van der Waals surface area contributed by atoms with Gasteiger partial charge in [-0.1, -0.05) is 13.8 Å². The Bertz CT molecular complexity index is 438. The van der Waals surface area contributed by atoms with Crippen LogP contribution in [-0.4, -0.2) is 33.8 Å². The summed E-state index contributed by atoms with van der Waals surface area (Å²) in [6.45, 7) is 3.94. The van der Waals surface area contributed by atoms with Gasteiger partial charge in [-0.3, -0.25) is 19.3 Å². The Morgan fingerprint density at radius 1 is 1.11 bits per heavy atom. The van der Waals surface area contributed by atoms with E-state index in [0.717, 1.165) is 0 Å². The van der Waals surface area contributed by atoms with E-state index in [1.54, 1.807) is 0 Å². The first-order valence-corrected chi connectivity index (χ1v) is 6.95. The smallest absolute Gasteiger partial charge is 0.306 e. The number of carboxylic acids is 1. The topological polar surface area (TPSA) is 74.7 Å². The number of piperidine rings is 1.